The molecule has 26 heteroatoms. The second-order valence-corrected chi connectivity index (χ2v) is 17.8. The first-order chi connectivity index (χ1) is 29.1. The number of nitrogens with one attached hydrogen (secondary N) is 2. The van der Waals surface area contributed by atoms with Crippen LogP contribution in [0.25, 0.3) is 0 Å². The maximum absolute atomic E-state index is 12.1. The standard InChI is InChI=1S/2C19H27BN3O8.2Na/c2*1-19(21,18(27)22-4-5-24)9-23-7-10(8-23)30-14-3-2-11-12-6-13(12)20(28,29)31-16(11)15(14)17(25)26;;/h2*2-3,10,12-13,24,28-29H,4-9,21H2,1H3,(H,22,27)(H,25,26);;/q2*-1;2*+1/t2*12?,13?,19-;;/m11../s1. The zero-order valence-corrected chi connectivity index (χ0v) is 40.3. The molecule has 8 rings (SSSR count). The molecule has 0 bridgehead atoms. The van der Waals surface area contributed by atoms with Crippen LogP contribution < -0.4 is 100.0 Å². The first kappa shape index (κ1) is 52.2. The van der Waals surface area contributed by atoms with E-state index >= 15 is 0 Å². The van der Waals surface area contributed by atoms with Crippen LogP contribution in [0, 0.1) is 0 Å². The molecular formula is C38H54B2N6Na2O16. The smallest absolute Gasteiger partial charge is 0.669 e. The summed E-state index contributed by atoms with van der Waals surface area (Å²) in [6.07, 6.45) is 0.452. The van der Waals surface area contributed by atoms with Crippen LogP contribution in [-0.2, 0) is 9.59 Å². The fraction of sp³-hybridized carbons (Fsp3) is 0.579. The first-order valence-corrected chi connectivity index (χ1v) is 20.6. The number of aliphatic hydroxyl groups is 2. The van der Waals surface area contributed by atoms with Gasteiger partial charge in [-0.05, 0) is 48.9 Å². The van der Waals surface area contributed by atoms with E-state index in [1.54, 1.807) is 38.1 Å². The topological polar surface area (TPSA) is 350 Å². The van der Waals surface area contributed by atoms with Gasteiger partial charge in [0.25, 0.3) is 0 Å². The minimum Gasteiger partial charge on any atom is -0.669 e. The third-order valence-electron chi connectivity index (χ3n) is 12.3. The van der Waals surface area contributed by atoms with Crippen LogP contribution in [0.1, 0.15) is 70.4 Å². The molecular weight excluding hydrogens is 864 g/mol. The fourth-order valence-corrected chi connectivity index (χ4v) is 8.85. The molecule has 14 N–H and O–H groups in total. The number of carboxylic acid groups (broad SMARTS) is 2. The summed E-state index contributed by atoms with van der Waals surface area (Å²) in [6, 6.07) is 6.58. The molecule has 0 radical (unpaired) electrons. The summed E-state index contributed by atoms with van der Waals surface area (Å²) < 4.78 is 22.3. The van der Waals surface area contributed by atoms with Crippen LogP contribution in [0.2, 0.25) is 11.6 Å². The Morgan fingerprint density at radius 3 is 1.34 bits per heavy atom. The maximum atomic E-state index is 12.1. The van der Waals surface area contributed by atoms with Gasteiger partial charge in [0.1, 0.15) is 45.9 Å². The van der Waals surface area contributed by atoms with Crippen molar-refractivity contribution in [2.24, 2.45) is 11.5 Å². The number of rotatable bonds is 16. The van der Waals surface area contributed by atoms with Crippen LogP contribution >= 0.6 is 0 Å². The Bertz CT molecular complexity index is 1960. The molecule has 2 aliphatic carbocycles. The number of likely N-dealkylation sites (tertiary alicyclic amines) is 2. The van der Waals surface area contributed by atoms with Gasteiger partial charge in [0.15, 0.2) is 0 Å². The molecule has 64 heavy (non-hydrogen) atoms. The molecule has 4 unspecified atom stereocenters. The van der Waals surface area contributed by atoms with Crippen molar-refractivity contribution in [3.8, 4) is 23.0 Å². The number of ether oxygens (including phenoxy) is 2. The van der Waals surface area contributed by atoms with Gasteiger partial charge in [-0.3, -0.25) is 19.4 Å². The molecule has 2 aromatic carbocycles. The van der Waals surface area contributed by atoms with Gasteiger partial charge < -0.3 is 81.4 Å². The van der Waals surface area contributed by atoms with Gasteiger partial charge >= 0.3 is 84.6 Å². The van der Waals surface area contributed by atoms with Crippen molar-refractivity contribution in [2.75, 3.05) is 65.6 Å². The summed E-state index contributed by atoms with van der Waals surface area (Å²) in [5.74, 6) is -4.23. The van der Waals surface area contributed by atoms with E-state index in [1.165, 1.54) is 0 Å². The number of carboxylic acids is 2. The largest absolute Gasteiger partial charge is 1.00 e. The van der Waals surface area contributed by atoms with Crippen LogP contribution in [0.15, 0.2) is 24.3 Å². The Morgan fingerprint density at radius 1 is 0.688 bits per heavy atom. The number of carbonyl (C=O) groups is 4. The van der Waals surface area contributed by atoms with Crippen LogP contribution in [0.3, 0.4) is 0 Å². The van der Waals surface area contributed by atoms with E-state index in [1.807, 2.05) is 9.80 Å². The van der Waals surface area contributed by atoms with Gasteiger partial charge in [-0.25, -0.2) is 9.59 Å². The van der Waals surface area contributed by atoms with Crippen molar-refractivity contribution in [1.82, 2.24) is 20.4 Å². The average molecular weight is 918 g/mol. The van der Waals surface area contributed by atoms with Gasteiger partial charge in [-0.2, -0.15) is 0 Å². The van der Waals surface area contributed by atoms with Crippen LogP contribution in [0.5, 0.6) is 23.0 Å². The Kier molecular flexibility index (Phi) is 16.2. The molecule has 2 saturated carbocycles. The Morgan fingerprint density at radius 2 is 1.03 bits per heavy atom. The number of hydrogen-bond donors (Lipinski definition) is 12. The van der Waals surface area contributed by atoms with E-state index in [0.29, 0.717) is 50.1 Å². The summed E-state index contributed by atoms with van der Waals surface area (Å²) in [7, 11) is 0. The van der Waals surface area contributed by atoms with E-state index in [9.17, 15) is 49.5 Å². The van der Waals surface area contributed by atoms with E-state index in [2.05, 4.69) is 10.6 Å². The van der Waals surface area contributed by atoms with Gasteiger partial charge in [0.2, 0.25) is 11.8 Å². The third kappa shape index (κ3) is 11.0. The maximum Gasteiger partial charge on any atom is 1.00 e. The predicted molar refractivity (Wildman–Crippen MR) is 218 cm³/mol. The van der Waals surface area contributed by atoms with Crippen molar-refractivity contribution in [1.29, 1.82) is 0 Å². The van der Waals surface area contributed by atoms with Crippen molar-refractivity contribution < 1.29 is 138 Å². The summed E-state index contributed by atoms with van der Waals surface area (Å²) in [5, 5.41) is 82.6. The van der Waals surface area contributed by atoms with Crippen molar-refractivity contribution in [2.45, 2.75) is 73.4 Å². The second-order valence-electron chi connectivity index (χ2n) is 17.8. The van der Waals surface area contributed by atoms with Gasteiger partial charge in [-0.1, -0.05) is 36.6 Å². The number of amides is 2. The quantitative estimate of drug-likeness (QED) is 0.0696. The number of aromatic carboxylic acids is 2. The number of benzene rings is 2. The number of hydrogen-bond acceptors (Lipinski definition) is 18. The summed E-state index contributed by atoms with van der Waals surface area (Å²) in [5.41, 5.74) is 10.7. The number of aliphatic hydroxyl groups excluding tert-OH is 2. The normalized spacial score (nSPS) is 25.0. The number of fused-ring (bicyclic) bond motifs is 6. The molecule has 2 amide bonds. The molecule has 4 heterocycles. The van der Waals surface area contributed by atoms with Crippen molar-refractivity contribution >= 4 is 37.3 Å². The Balaban J connectivity index is 0.000000234. The predicted octanol–water partition coefficient (Wildman–Crippen LogP) is -9.10. The van der Waals surface area contributed by atoms with E-state index in [-0.39, 0.29) is 168 Å². The van der Waals surface area contributed by atoms with Gasteiger partial charge in [0.05, 0.1) is 24.7 Å². The molecule has 6 aliphatic rings. The Labute approximate surface area is 412 Å². The zero-order valence-electron chi connectivity index (χ0n) is 36.3. The average Bonchev–Trinajstić information content (AvgIpc) is 4.08. The summed E-state index contributed by atoms with van der Waals surface area (Å²) >= 11 is 0. The van der Waals surface area contributed by atoms with Crippen LogP contribution in [0.4, 0.5) is 0 Å². The molecule has 2 aromatic rings. The Hall–Kier alpha value is -2.75. The van der Waals surface area contributed by atoms with E-state index < -0.39 is 48.2 Å². The molecule has 4 aliphatic heterocycles. The third-order valence-corrected chi connectivity index (χ3v) is 12.3. The van der Waals surface area contributed by atoms with Crippen molar-refractivity contribution in [3.63, 3.8) is 0 Å². The molecule has 340 valence electrons. The van der Waals surface area contributed by atoms with E-state index in [0.717, 1.165) is 0 Å². The minimum absolute atomic E-state index is 0. The molecule has 4 fully saturated rings. The number of nitrogens with zero attached hydrogens (tertiary/aromatic N) is 2. The molecule has 2 saturated heterocycles. The van der Waals surface area contributed by atoms with Gasteiger partial charge in [0, 0.05) is 52.4 Å². The van der Waals surface area contributed by atoms with E-state index in [4.69, 9.17) is 40.5 Å². The fourth-order valence-electron chi connectivity index (χ4n) is 8.85. The summed E-state index contributed by atoms with van der Waals surface area (Å²) in [4.78, 5) is 51.8. The second kappa shape index (κ2) is 19.8. The molecule has 0 spiro atoms. The number of nitrogens with two attached hydrogens (primary N) is 2. The number of carbonyl (C=O) groups excluding carboxylic acids is 2. The minimum atomic E-state index is -3.10. The van der Waals surface area contributed by atoms with Crippen LogP contribution in [-0.4, -0.2) is 176 Å². The zero-order chi connectivity index (χ0) is 45.1. The molecule has 0 aromatic heterocycles. The first-order valence-electron chi connectivity index (χ1n) is 20.6. The van der Waals surface area contributed by atoms with Crippen molar-refractivity contribution in [3.05, 3.63) is 46.5 Å². The molecule has 6 atom stereocenters. The van der Waals surface area contributed by atoms with Gasteiger partial charge in [-0.15, -0.1) is 0 Å². The SMILES string of the molecule is C[C@@](N)(CN1CC(Oc2ccc3c(c2C(=O)O)O[B-](O)(O)C2CC32)C1)C(=O)NCCO.C[C@@](N)(CN1CC(Oc2ccc3c(c2C(=O)O)O[B-](O)(O)C2CC32)C1)C(=O)NCCO.[Na+].[Na+]. The molecule has 22 nitrogen and oxygen atoms in total. The summed E-state index contributed by atoms with van der Waals surface area (Å²) in [6.45, 7) is -0.791. The monoisotopic (exact) mass is 918 g/mol.